The molecule has 0 saturated carbocycles. The molecule has 0 radical (unpaired) electrons. The highest BCUT2D eigenvalue weighted by Crippen LogP contribution is 2.23. The van der Waals surface area contributed by atoms with Crippen molar-refractivity contribution in [3.8, 4) is 6.07 Å². The van der Waals surface area contributed by atoms with Crippen LogP contribution in [0.25, 0.3) is 5.57 Å². The van der Waals surface area contributed by atoms with Gasteiger partial charge in [-0.05, 0) is 61.2 Å². The quantitative estimate of drug-likeness (QED) is 0.615. The van der Waals surface area contributed by atoms with E-state index >= 15 is 0 Å². The highest BCUT2D eigenvalue weighted by Gasteiger charge is 2.20. The van der Waals surface area contributed by atoms with Gasteiger partial charge in [-0.1, -0.05) is 57.2 Å². The summed E-state index contributed by atoms with van der Waals surface area (Å²) in [7, 11) is 1.98. The molecule has 146 valence electrons. The molecule has 28 heavy (non-hydrogen) atoms. The Hall–Kier alpha value is -2.70. The molecule has 2 atom stereocenters. The lowest BCUT2D eigenvalue weighted by Gasteiger charge is -2.24. The Morgan fingerprint density at radius 1 is 1.04 bits per heavy atom. The Morgan fingerprint density at radius 3 is 2.25 bits per heavy atom. The molecular formula is C25H31N3. The molecule has 0 aliphatic rings. The van der Waals surface area contributed by atoms with E-state index in [4.69, 9.17) is 10.3 Å². The minimum atomic E-state index is 0.152. The second-order valence-corrected chi connectivity index (χ2v) is 7.65. The highest BCUT2D eigenvalue weighted by molar-refractivity contribution is 5.89. The maximum absolute atomic E-state index is 9.08. The molecule has 0 saturated heterocycles. The number of hydrogen-bond acceptors (Lipinski definition) is 3. The summed E-state index contributed by atoms with van der Waals surface area (Å²) in [5, 5.41) is 12.5. The average molecular weight is 374 g/mol. The van der Waals surface area contributed by atoms with Crippen molar-refractivity contribution in [1.82, 2.24) is 5.32 Å². The lowest BCUT2D eigenvalue weighted by molar-refractivity contribution is 0.595. The maximum Gasteiger partial charge on any atom is 0.0991 e. The number of likely N-dealkylation sites (N-methyl/N-ethyl adjacent to an activating group) is 1. The zero-order chi connectivity index (χ0) is 20.7. The molecule has 3 heteroatoms. The zero-order valence-electron chi connectivity index (χ0n) is 17.8. The van der Waals surface area contributed by atoms with Crippen LogP contribution in [0, 0.1) is 11.3 Å². The second kappa shape index (κ2) is 10.0. The number of nitrogens with one attached hydrogen (secondary N) is 1. The number of nitriles is 1. The fourth-order valence-corrected chi connectivity index (χ4v) is 3.39. The van der Waals surface area contributed by atoms with Crippen LogP contribution in [0.15, 0.2) is 59.7 Å². The standard InChI is InChI=1S/C25H31N3/c1-17(2)22-10-12-23(13-11-22)19(4)25(27-6)20(5)28-16-18(3)24-9-7-8-21(14-24)15-26/h7-14,16-17,19,25,27H,1-6H3/b18-16+,28-20?. The monoisotopic (exact) mass is 373 g/mol. The molecule has 0 bridgehead atoms. The number of aliphatic imine (C=N–C) groups is 1. The Bertz CT molecular complexity index is 883. The van der Waals surface area contributed by atoms with Crippen molar-refractivity contribution in [2.75, 3.05) is 7.05 Å². The van der Waals surface area contributed by atoms with Gasteiger partial charge in [-0.3, -0.25) is 4.99 Å². The van der Waals surface area contributed by atoms with Crippen molar-refractivity contribution in [1.29, 1.82) is 5.26 Å². The smallest absolute Gasteiger partial charge is 0.0991 e. The molecular weight excluding hydrogens is 342 g/mol. The molecule has 0 amide bonds. The molecule has 0 aliphatic carbocycles. The molecule has 2 aromatic carbocycles. The van der Waals surface area contributed by atoms with Crippen LogP contribution in [0.2, 0.25) is 0 Å². The van der Waals surface area contributed by atoms with E-state index < -0.39 is 0 Å². The average Bonchev–Trinajstić information content (AvgIpc) is 2.72. The van der Waals surface area contributed by atoms with Gasteiger partial charge in [0.25, 0.3) is 0 Å². The van der Waals surface area contributed by atoms with Crippen LogP contribution in [0.3, 0.4) is 0 Å². The number of allylic oxidation sites excluding steroid dienone is 1. The van der Waals surface area contributed by atoms with E-state index in [1.807, 2.05) is 44.4 Å². The lowest BCUT2D eigenvalue weighted by atomic mass is 9.89. The summed E-state index contributed by atoms with van der Waals surface area (Å²) < 4.78 is 0. The van der Waals surface area contributed by atoms with Crippen LogP contribution >= 0.6 is 0 Å². The summed E-state index contributed by atoms with van der Waals surface area (Å²) in [6.45, 7) is 10.8. The lowest BCUT2D eigenvalue weighted by Crippen LogP contribution is -2.37. The number of hydrogen-bond donors (Lipinski definition) is 1. The van der Waals surface area contributed by atoms with E-state index in [0.717, 1.165) is 16.8 Å². The van der Waals surface area contributed by atoms with Crippen LogP contribution in [-0.4, -0.2) is 18.8 Å². The molecule has 0 fully saturated rings. The van der Waals surface area contributed by atoms with Crippen LogP contribution in [-0.2, 0) is 0 Å². The predicted molar refractivity (Wildman–Crippen MR) is 120 cm³/mol. The third-order valence-electron chi connectivity index (χ3n) is 5.30. The van der Waals surface area contributed by atoms with Crippen LogP contribution in [0.1, 0.15) is 68.7 Å². The topological polar surface area (TPSA) is 48.2 Å². The highest BCUT2D eigenvalue weighted by atomic mass is 14.9. The van der Waals surface area contributed by atoms with Gasteiger partial charge < -0.3 is 5.32 Å². The van der Waals surface area contributed by atoms with Gasteiger partial charge in [-0.15, -0.1) is 0 Å². The Kier molecular flexibility index (Phi) is 7.72. The van der Waals surface area contributed by atoms with Crippen molar-refractivity contribution in [3.63, 3.8) is 0 Å². The number of nitrogens with zero attached hydrogens (tertiary/aromatic N) is 2. The molecule has 2 rings (SSSR count). The van der Waals surface area contributed by atoms with Crippen LogP contribution in [0.5, 0.6) is 0 Å². The van der Waals surface area contributed by atoms with Crippen molar-refractivity contribution in [2.24, 2.45) is 4.99 Å². The molecule has 0 aromatic heterocycles. The molecule has 2 aromatic rings. The van der Waals surface area contributed by atoms with Gasteiger partial charge in [0.2, 0.25) is 0 Å². The van der Waals surface area contributed by atoms with E-state index in [9.17, 15) is 0 Å². The van der Waals surface area contributed by atoms with E-state index in [0.29, 0.717) is 17.4 Å². The Labute approximate surface area is 169 Å². The number of rotatable bonds is 7. The van der Waals surface area contributed by atoms with Crippen molar-refractivity contribution >= 4 is 11.3 Å². The summed E-state index contributed by atoms with van der Waals surface area (Å²) in [5.41, 5.74) is 6.44. The van der Waals surface area contributed by atoms with E-state index in [-0.39, 0.29) is 6.04 Å². The molecule has 1 N–H and O–H groups in total. The maximum atomic E-state index is 9.08. The van der Waals surface area contributed by atoms with Gasteiger partial charge in [0, 0.05) is 17.8 Å². The van der Waals surface area contributed by atoms with E-state index in [1.54, 1.807) is 0 Å². The third kappa shape index (κ3) is 5.41. The van der Waals surface area contributed by atoms with Gasteiger partial charge in [-0.25, -0.2) is 0 Å². The van der Waals surface area contributed by atoms with Gasteiger partial charge >= 0.3 is 0 Å². The number of benzene rings is 2. The largest absolute Gasteiger partial charge is 0.311 e. The Balaban J connectivity index is 2.21. The molecule has 3 nitrogen and oxygen atoms in total. The van der Waals surface area contributed by atoms with Gasteiger partial charge in [0.1, 0.15) is 0 Å². The summed E-state index contributed by atoms with van der Waals surface area (Å²) in [5.74, 6) is 0.853. The van der Waals surface area contributed by atoms with Gasteiger partial charge in [-0.2, -0.15) is 5.26 Å². The minimum Gasteiger partial charge on any atom is -0.311 e. The summed E-state index contributed by atoms with van der Waals surface area (Å²) in [6, 6.07) is 18.9. The second-order valence-electron chi connectivity index (χ2n) is 7.65. The summed E-state index contributed by atoms with van der Waals surface area (Å²) >= 11 is 0. The summed E-state index contributed by atoms with van der Waals surface area (Å²) in [4.78, 5) is 4.73. The predicted octanol–water partition coefficient (Wildman–Crippen LogP) is 5.90. The molecule has 0 spiro atoms. The van der Waals surface area contributed by atoms with Gasteiger partial charge in [0.05, 0.1) is 17.7 Å². The molecule has 2 unspecified atom stereocenters. The van der Waals surface area contributed by atoms with Crippen LogP contribution in [0.4, 0.5) is 0 Å². The SMILES string of the molecule is CNC(C(C)=N/C=C(\C)c1cccc(C#N)c1)C(C)c1ccc(C(C)C)cc1. The first-order chi connectivity index (χ1) is 13.4. The third-order valence-corrected chi connectivity index (χ3v) is 5.30. The van der Waals surface area contributed by atoms with E-state index in [1.165, 1.54) is 11.1 Å². The van der Waals surface area contributed by atoms with Crippen LogP contribution < -0.4 is 5.32 Å². The normalized spacial score (nSPS) is 14.6. The van der Waals surface area contributed by atoms with Crippen molar-refractivity contribution in [2.45, 2.75) is 52.5 Å². The van der Waals surface area contributed by atoms with Gasteiger partial charge in [0.15, 0.2) is 0 Å². The Morgan fingerprint density at radius 2 is 1.68 bits per heavy atom. The zero-order valence-corrected chi connectivity index (χ0v) is 17.8. The first kappa shape index (κ1) is 21.6. The first-order valence-electron chi connectivity index (χ1n) is 9.86. The van der Waals surface area contributed by atoms with E-state index in [2.05, 4.69) is 63.3 Å². The first-order valence-corrected chi connectivity index (χ1v) is 9.86. The fraction of sp³-hybridized carbons (Fsp3) is 0.360. The minimum absolute atomic E-state index is 0.152. The molecule has 0 aliphatic heterocycles. The fourth-order valence-electron chi connectivity index (χ4n) is 3.39. The van der Waals surface area contributed by atoms with Crippen molar-refractivity contribution < 1.29 is 0 Å². The molecule has 0 heterocycles. The summed E-state index contributed by atoms with van der Waals surface area (Å²) in [6.07, 6.45) is 1.89. The van der Waals surface area contributed by atoms with Crippen molar-refractivity contribution in [3.05, 3.63) is 77.0 Å².